The van der Waals surface area contributed by atoms with Gasteiger partial charge in [0.05, 0.1) is 0 Å². The molecule has 0 bridgehead atoms. The minimum Gasteiger partial charge on any atom is -0.361 e. The van der Waals surface area contributed by atoms with Gasteiger partial charge in [0.25, 0.3) is 5.91 Å². The van der Waals surface area contributed by atoms with Crippen molar-refractivity contribution in [1.29, 1.82) is 0 Å². The number of aromatic nitrogens is 1. The normalized spacial score (nSPS) is 10.8. The second kappa shape index (κ2) is 6.02. The quantitative estimate of drug-likeness (QED) is 0.759. The van der Waals surface area contributed by atoms with Crippen molar-refractivity contribution in [3.8, 4) is 0 Å². The highest BCUT2D eigenvalue weighted by atomic mass is 19.1. The van der Waals surface area contributed by atoms with Gasteiger partial charge >= 0.3 is 0 Å². The lowest BCUT2D eigenvalue weighted by molar-refractivity contribution is 0.0954. The van der Waals surface area contributed by atoms with Crippen molar-refractivity contribution >= 4 is 16.8 Å². The van der Waals surface area contributed by atoms with Crippen LogP contribution in [0.3, 0.4) is 0 Å². The molecule has 0 aliphatic carbocycles. The van der Waals surface area contributed by atoms with Crippen LogP contribution in [0, 0.1) is 12.7 Å². The van der Waals surface area contributed by atoms with Crippen molar-refractivity contribution in [2.24, 2.45) is 0 Å². The highest BCUT2D eigenvalue weighted by Crippen LogP contribution is 2.19. The van der Waals surface area contributed by atoms with Gasteiger partial charge in [0.15, 0.2) is 0 Å². The van der Waals surface area contributed by atoms with E-state index in [4.69, 9.17) is 0 Å². The van der Waals surface area contributed by atoms with Crippen molar-refractivity contribution in [2.45, 2.75) is 13.3 Å². The van der Waals surface area contributed by atoms with Crippen LogP contribution in [0.1, 0.15) is 21.5 Å². The number of carbonyl (C=O) groups excluding carboxylic acids is 1. The van der Waals surface area contributed by atoms with Crippen LogP contribution in [0.2, 0.25) is 0 Å². The molecule has 1 aromatic heterocycles. The maximum atomic E-state index is 13.3. The molecule has 1 amide bonds. The third kappa shape index (κ3) is 3.01. The van der Waals surface area contributed by atoms with E-state index in [1.54, 1.807) is 12.1 Å². The lowest BCUT2D eigenvalue weighted by Gasteiger charge is -2.05. The molecule has 0 fully saturated rings. The zero-order chi connectivity index (χ0) is 15.5. The number of aryl methyl sites for hydroxylation is 1. The first-order chi connectivity index (χ1) is 10.6. The number of hydrogen-bond donors (Lipinski definition) is 2. The predicted molar refractivity (Wildman–Crippen MR) is 85.5 cm³/mol. The second-order valence-electron chi connectivity index (χ2n) is 5.38. The fraction of sp³-hybridized carbons (Fsp3) is 0.167. The second-order valence-corrected chi connectivity index (χ2v) is 5.38. The number of halogens is 1. The summed E-state index contributed by atoms with van der Waals surface area (Å²) in [5, 5.41) is 3.76. The van der Waals surface area contributed by atoms with Gasteiger partial charge in [-0.25, -0.2) is 4.39 Å². The molecule has 0 aliphatic rings. The van der Waals surface area contributed by atoms with Gasteiger partial charge in [0.2, 0.25) is 0 Å². The van der Waals surface area contributed by atoms with Crippen LogP contribution in [0.15, 0.2) is 48.7 Å². The maximum Gasteiger partial charge on any atom is 0.251 e. The van der Waals surface area contributed by atoms with Crippen molar-refractivity contribution in [3.05, 3.63) is 71.2 Å². The van der Waals surface area contributed by atoms with Crippen LogP contribution in [0.25, 0.3) is 10.9 Å². The Morgan fingerprint density at radius 2 is 2.09 bits per heavy atom. The lowest BCUT2D eigenvalue weighted by atomic mass is 10.1. The molecule has 4 heteroatoms. The number of rotatable bonds is 4. The average molecular weight is 296 g/mol. The van der Waals surface area contributed by atoms with Gasteiger partial charge in [-0.05, 0) is 49.2 Å². The standard InChI is InChI=1S/C18H17FN2O/c1-12-3-2-4-13(9-12)18(22)20-8-7-14-11-21-17-6-5-15(19)10-16(14)17/h2-6,9-11,21H,7-8H2,1H3,(H,20,22). The third-order valence-corrected chi connectivity index (χ3v) is 3.69. The van der Waals surface area contributed by atoms with Crippen LogP contribution in [0.4, 0.5) is 4.39 Å². The highest BCUT2D eigenvalue weighted by molar-refractivity contribution is 5.94. The fourth-order valence-corrected chi connectivity index (χ4v) is 2.56. The van der Waals surface area contributed by atoms with Crippen molar-refractivity contribution in [3.63, 3.8) is 0 Å². The Morgan fingerprint density at radius 1 is 1.23 bits per heavy atom. The number of H-pyrrole nitrogens is 1. The van der Waals surface area contributed by atoms with Crippen LogP contribution in [-0.2, 0) is 6.42 Å². The molecule has 2 N–H and O–H groups in total. The molecule has 0 saturated heterocycles. The fourth-order valence-electron chi connectivity index (χ4n) is 2.56. The van der Waals surface area contributed by atoms with Crippen LogP contribution >= 0.6 is 0 Å². The molecular formula is C18H17FN2O. The first-order valence-corrected chi connectivity index (χ1v) is 7.24. The minimum atomic E-state index is -0.253. The van der Waals surface area contributed by atoms with E-state index in [1.165, 1.54) is 12.1 Å². The molecule has 3 rings (SSSR count). The van der Waals surface area contributed by atoms with Gasteiger partial charge in [-0.2, -0.15) is 0 Å². The number of amides is 1. The molecule has 0 radical (unpaired) electrons. The van der Waals surface area contributed by atoms with Gasteiger partial charge in [0.1, 0.15) is 5.82 Å². The zero-order valence-electron chi connectivity index (χ0n) is 12.3. The van der Waals surface area contributed by atoms with Crippen molar-refractivity contribution in [2.75, 3.05) is 6.54 Å². The summed E-state index contributed by atoms with van der Waals surface area (Å²) in [5.41, 5.74) is 3.62. The zero-order valence-corrected chi connectivity index (χ0v) is 12.3. The summed E-state index contributed by atoms with van der Waals surface area (Å²) >= 11 is 0. The third-order valence-electron chi connectivity index (χ3n) is 3.69. The maximum absolute atomic E-state index is 13.3. The molecule has 3 aromatic rings. The van der Waals surface area contributed by atoms with Gasteiger partial charge in [0, 0.05) is 29.2 Å². The first kappa shape index (κ1) is 14.3. The molecule has 0 atom stereocenters. The molecule has 2 aromatic carbocycles. The number of benzene rings is 2. The molecular weight excluding hydrogens is 279 g/mol. The Hall–Kier alpha value is -2.62. The van der Waals surface area contributed by atoms with E-state index in [-0.39, 0.29) is 11.7 Å². The lowest BCUT2D eigenvalue weighted by Crippen LogP contribution is -2.25. The summed E-state index contributed by atoms with van der Waals surface area (Å²) in [6, 6.07) is 12.1. The number of aromatic amines is 1. The molecule has 22 heavy (non-hydrogen) atoms. The smallest absolute Gasteiger partial charge is 0.251 e. The van der Waals surface area contributed by atoms with Gasteiger partial charge in [-0.15, -0.1) is 0 Å². The number of nitrogens with one attached hydrogen (secondary N) is 2. The van der Waals surface area contributed by atoms with Gasteiger partial charge in [-0.3, -0.25) is 4.79 Å². The highest BCUT2D eigenvalue weighted by Gasteiger charge is 2.07. The first-order valence-electron chi connectivity index (χ1n) is 7.24. The molecule has 0 spiro atoms. The molecule has 3 nitrogen and oxygen atoms in total. The SMILES string of the molecule is Cc1cccc(C(=O)NCCc2c[nH]c3ccc(F)cc23)c1. The Morgan fingerprint density at radius 3 is 2.91 bits per heavy atom. The molecule has 112 valence electrons. The van der Waals surface area contributed by atoms with E-state index in [0.717, 1.165) is 22.0 Å². The Kier molecular flexibility index (Phi) is 3.92. The largest absolute Gasteiger partial charge is 0.361 e. The van der Waals surface area contributed by atoms with Crippen LogP contribution in [-0.4, -0.2) is 17.4 Å². The van der Waals surface area contributed by atoms with E-state index in [9.17, 15) is 9.18 Å². The number of carbonyl (C=O) groups is 1. The summed E-state index contributed by atoms with van der Waals surface area (Å²) in [6.45, 7) is 2.47. The van der Waals surface area contributed by atoms with E-state index in [0.29, 0.717) is 18.5 Å². The monoisotopic (exact) mass is 296 g/mol. The van der Waals surface area contributed by atoms with E-state index in [1.807, 2.05) is 31.3 Å². The van der Waals surface area contributed by atoms with Crippen molar-refractivity contribution in [1.82, 2.24) is 10.3 Å². The molecule has 1 heterocycles. The Balaban J connectivity index is 1.65. The summed E-state index contributed by atoms with van der Waals surface area (Å²) in [4.78, 5) is 15.2. The minimum absolute atomic E-state index is 0.0882. The Labute approximate surface area is 128 Å². The van der Waals surface area contributed by atoms with Crippen LogP contribution < -0.4 is 5.32 Å². The molecule has 0 saturated carbocycles. The number of hydrogen-bond acceptors (Lipinski definition) is 1. The topological polar surface area (TPSA) is 44.9 Å². The van der Waals surface area contributed by atoms with Gasteiger partial charge < -0.3 is 10.3 Å². The Bertz CT molecular complexity index is 823. The van der Waals surface area contributed by atoms with E-state index in [2.05, 4.69) is 10.3 Å². The summed E-state index contributed by atoms with van der Waals surface area (Å²) in [5.74, 6) is -0.341. The molecule has 0 unspecified atom stereocenters. The van der Waals surface area contributed by atoms with E-state index < -0.39 is 0 Å². The summed E-state index contributed by atoms with van der Waals surface area (Å²) < 4.78 is 13.3. The van der Waals surface area contributed by atoms with Crippen LogP contribution in [0.5, 0.6) is 0 Å². The molecule has 0 aliphatic heterocycles. The average Bonchev–Trinajstić information content (AvgIpc) is 2.89. The summed E-state index contributed by atoms with van der Waals surface area (Å²) in [7, 11) is 0. The van der Waals surface area contributed by atoms with E-state index >= 15 is 0 Å². The van der Waals surface area contributed by atoms with Crippen molar-refractivity contribution < 1.29 is 9.18 Å². The van der Waals surface area contributed by atoms with Gasteiger partial charge in [-0.1, -0.05) is 17.7 Å². The number of fused-ring (bicyclic) bond motifs is 1. The summed E-state index contributed by atoms with van der Waals surface area (Å²) in [6.07, 6.45) is 2.52. The predicted octanol–water partition coefficient (Wildman–Crippen LogP) is 3.59.